The standard InChI is InChI=1S/C15H14O/c1-3-6-11(2)15-13-8-5-4-7-12(13)9-10-14(15)16/h3-10,16H,2H2,1H3/b6-3+. The van der Waals surface area contributed by atoms with Crippen molar-refractivity contribution in [3.8, 4) is 5.75 Å². The lowest BCUT2D eigenvalue weighted by Crippen LogP contribution is -1.84. The van der Waals surface area contributed by atoms with Crippen molar-refractivity contribution >= 4 is 16.3 Å². The third kappa shape index (κ3) is 1.72. The molecule has 16 heavy (non-hydrogen) atoms. The molecule has 1 nitrogen and oxygen atoms in total. The molecule has 0 unspecified atom stereocenters. The maximum Gasteiger partial charge on any atom is 0.124 e. The Bertz CT molecular complexity index is 565. The van der Waals surface area contributed by atoms with Crippen molar-refractivity contribution in [3.05, 3.63) is 60.7 Å². The summed E-state index contributed by atoms with van der Waals surface area (Å²) in [7, 11) is 0. The summed E-state index contributed by atoms with van der Waals surface area (Å²) in [5.41, 5.74) is 1.65. The summed E-state index contributed by atoms with van der Waals surface area (Å²) in [6.45, 7) is 5.92. The predicted molar refractivity (Wildman–Crippen MR) is 69.5 cm³/mol. The molecule has 2 aromatic carbocycles. The number of fused-ring (bicyclic) bond motifs is 1. The van der Waals surface area contributed by atoms with Gasteiger partial charge in [-0.2, -0.15) is 0 Å². The number of rotatable bonds is 2. The van der Waals surface area contributed by atoms with E-state index in [1.165, 1.54) is 0 Å². The zero-order valence-electron chi connectivity index (χ0n) is 9.27. The quantitative estimate of drug-likeness (QED) is 0.739. The van der Waals surface area contributed by atoms with Crippen LogP contribution in [0.2, 0.25) is 0 Å². The smallest absolute Gasteiger partial charge is 0.124 e. The highest BCUT2D eigenvalue weighted by Gasteiger charge is 2.07. The van der Waals surface area contributed by atoms with Crippen LogP contribution < -0.4 is 0 Å². The van der Waals surface area contributed by atoms with Crippen LogP contribution in [0.25, 0.3) is 16.3 Å². The Labute approximate surface area is 95.4 Å². The van der Waals surface area contributed by atoms with Crippen molar-refractivity contribution in [3.63, 3.8) is 0 Å². The number of hydrogen-bond acceptors (Lipinski definition) is 1. The number of allylic oxidation sites excluding steroid dienone is 3. The minimum atomic E-state index is 0.279. The molecule has 0 spiro atoms. The molecule has 0 fully saturated rings. The van der Waals surface area contributed by atoms with Gasteiger partial charge in [-0.1, -0.05) is 49.1 Å². The number of benzene rings is 2. The third-order valence-corrected chi connectivity index (χ3v) is 2.60. The van der Waals surface area contributed by atoms with E-state index in [0.717, 1.165) is 21.9 Å². The summed E-state index contributed by atoms with van der Waals surface area (Å²) in [5.74, 6) is 0.279. The van der Waals surface area contributed by atoms with E-state index < -0.39 is 0 Å². The number of phenols is 1. The molecule has 0 atom stereocenters. The largest absolute Gasteiger partial charge is 0.507 e. The molecular weight excluding hydrogens is 196 g/mol. The van der Waals surface area contributed by atoms with E-state index in [9.17, 15) is 5.11 Å². The van der Waals surface area contributed by atoms with Crippen LogP contribution in [0.4, 0.5) is 0 Å². The average molecular weight is 210 g/mol. The second-order valence-electron chi connectivity index (χ2n) is 3.71. The van der Waals surface area contributed by atoms with Gasteiger partial charge >= 0.3 is 0 Å². The lowest BCUT2D eigenvalue weighted by atomic mass is 9.98. The summed E-state index contributed by atoms with van der Waals surface area (Å²) in [4.78, 5) is 0. The Morgan fingerprint density at radius 3 is 2.69 bits per heavy atom. The lowest BCUT2D eigenvalue weighted by Gasteiger charge is -2.08. The van der Waals surface area contributed by atoms with Crippen molar-refractivity contribution in [1.29, 1.82) is 0 Å². The monoisotopic (exact) mass is 210 g/mol. The number of aromatic hydroxyl groups is 1. The van der Waals surface area contributed by atoms with Gasteiger partial charge in [-0.25, -0.2) is 0 Å². The second-order valence-corrected chi connectivity index (χ2v) is 3.71. The molecule has 80 valence electrons. The maximum absolute atomic E-state index is 9.91. The molecule has 0 amide bonds. The molecule has 1 heteroatoms. The zero-order valence-corrected chi connectivity index (χ0v) is 9.27. The topological polar surface area (TPSA) is 20.2 Å². The molecule has 0 bridgehead atoms. The van der Waals surface area contributed by atoms with Crippen LogP contribution in [0, 0.1) is 0 Å². The van der Waals surface area contributed by atoms with Crippen LogP contribution >= 0.6 is 0 Å². The van der Waals surface area contributed by atoms with E-state index in [4.69, 9.17) is 0 Å². The molecule has 0 aliphatic rings. The van der Waals surface area contributed by atoms with Gasteiger partial charge in [0, 0.05) is 5.56 Å². The molecule has 0 saturated heterocycles. The molecule has 0 saturated carbocycles. The van der Waals surface area contributed by atoms with Gasteiger partial charge < -0.3 is 5.11 Å². The zero-order chi connectivity index (χ0) is 11.5. The van der Waals surface area contributed by atoms with Crippen molar-refractivity contribution in [2.24, 2.45) is 0 Å². The van der Waals surface area contributed by atoms with E-state index in [-0.39, 0.29) is 5.75 Å². The Kier molecular flexibility index (Phi) is 2.78. The molecule has 1 N–H and O–H groups in total. The first kappa shape index (κ1) is 10.5. The Morgan fingerprint density at radius 1 is 1.19 bits per heavy atom. The van der Waals surface area contributed by atoms with Gasteiger partial charge in [0.15, 0.2) is 0 Å². The predicted octanol–water partition coefficient (Wildman–Crippen LogP) is 4.13. The SMILES string of the molecule is C=C(/C=C/C)c1c(O)ccc2ccccc12. The molecule has 0 aromatic heterocycles. The van der Waals surface area contributed by atoms with Crippen LogP contribution in [-0.2, 0) is 0 Å². The van der Waals surface area contributed by atoms with Crippen molar-refractivity contribution in [2.75, 3.05) is 0 Å². The highest BCUT2D eigenvalue weighted by Crippen LogP contribution is 2.32. The normalized spacial score (nSPS) is 11.1. The Hall–Kier alpha value is -2.02. The minimum Gasteiger partial charge on any atom is -0.507 e. The summed E-state index contributed by atoms with van der Waals surface area (Å²) < 4.78 is 0. The maximum atomic E-state index is 9.91. The van der Waals surface area contributed by atoms with Gasteiger partial charge in [0.25, 0.3) is 0 Å². The first-order valence-corrected chi connectivity index (χ1v) is 5.26. The Morgan fingerprint density at radius 2 is 1.94 bits per heavy atom. The van der Waals surface area contributed by atoms with Gasteiger partial charge in [0.1, 0.15) is 5.75 Å². The van der Waals surface area contributed by atoms with Crippen LogP contribution in [0.3, 0.4) is 0 Å². The molecule has 2 rings (SSSR count). The van der Waals surface area contributed by atoms with Crippen LogP contribution in [-0.4, -0.2) is 5.11 Å². The summed E-state index contributed by atoms with van der Waals surface area (Å²) in [6.07, 6.45) is 3.82. The van der Waals surface area contributed by atoms with Gasteiger partial charge in [0.2, 0.25) is 0 Å². The number of phenolic OH excluding ortho intramolecular Hbond substituents is 1. The average Bonchev–Trinajstić information content (AvgIpc) is 2.29. The molecule has 0 aliphatic carbocycles. The van der Waals surface area contributed by atoms with E-state index in [2.05, 4.69) is 6.58 Å². The second kappa shape index (κ2) is 4.23. The lowest BCUT2D eigenvalue weighted by molar-refractivity contribution is 0.474. The molecule has 0 aliphatic heterocycles. The summed E-state index contributed by atoms with van der Waals surface area (Å²) in [6, 6.07) is 11.6. The third-order valence-electron chi connectivity index (χ3n) is 2.60. The van der Waals surface area contributed by atoms with Crippen LogP contribution in [0.1, 0.15) is 12.5 Å². The fourth-order valence-corrected chi connectivity index (χ4v) is 1.88. The fourth-order valence-electron chi connectivity index (χ4n) is 1.88. The summed E-state index contributed by atoms with van der Waals surface area (Å²) >= 11 is 0. The summed E-state index contributed by atoms with van der Waals surface area (Å²) in [5, 5.41) is 12.1. The van der Waals surface area contributed by atoms with Gasteiger partial charge in [-0.15, -0.1) is 0 Å². The van der Waals surface area contributed by atoms with Crippen LogP contribution in [0.5, 0.6) is 5.75 Å². The van der Waals surface area contributed by atoms with E-state index in [1.807, 2.05) is 49.4 Å². The van der Waals surface area contributed by atoms with Crippen LogP contribution in [0.15, 0.2) is 55.1 Å². The number of hydrogen-bond donors (Lipinski definition) is 1. The Balaban J connectivity index is 2.75. The van der Waals surface area contributed by atoms with Gasteiger partial charge in [-0.05, 0) is 29.3 Å². The highest BCUT2D eigenvalue weighted by atomic mass is 16.3. The van der Waals surface area contributed by atoms with Gasteiger partial charge in [0.05, 0.1) is 0 Å². The van der Waals surface area contributed by atoms with E-state index in [1.54, 1.807) is 6.07 Å². The molecule has 0 heterocycles. The molecule has 2 aromatic rings. The van der Waals surface area contributed by atoms with Gasteiger partial charge in [-0.3, -0.25) is 0 Å². The molecular formula is C15H14O. The van der Waals surface area contributed by atoms with Crippen molar-refractivity contribution in [2.45, 2.75) is 6.92 Å². The fraction of sp³-hybridized carbons (Fsp3) is 0.0667. The minimum absolute atomic E-state index is 0.279. The van der Waals surface area contributed by atoms with E-state index >= 15 is 0 Å². The van der Waals surface area contributed by atoms with E-state index in [0.29, 0.717) is 0 Å². The highest BCUT2D eigenvalue weighted by molar-refractivity contribution is 5.97. The van der Waals surface area contributed by atoms with Crippen molar-refractivity contribution in [1.82, 2.24) is 0 Å². The first-order valence-electron chi connectivity index (χ1n) is 5.26. The van der Waals surface area contributed by atoms with Crippen molar-refractivity contribution < 1.29 is 5.11 Å². The first-order chi connectivity index (χ1) is 7.74. The molecule has 0 radical (unpaired) electrons.